The van der Waals surface area contributed by atoms with Crippen molar-refractivity contribution in [3.63, 3.8) is 0 Å². The highest BCUT2D eigenvalue weighted by molar-refractivity contribution is 5.92. The number of carbonyl (C=O) groups is 1. The number of fused-ring (bicyclic) bond motifs is 1. The maximum Gasteiger partial charge on any atom is 0.179 e. The van der Waals surface area contributed by atoms with Crippen molar-refractivity contribution in [3.8, 4) is 11.5 Å². The molecule has 3 aromatic rings. The molecule has 0 radical (unpaired) electrons. The summed E-state index contributed by atoms with van der Waals surface area (Å²) in [6.07, 6.45) is 6.60. The van der Waals surface area contributed by atoms with Gasteiger partial charge in [-0.1, -0.05) is 0 Å². The molecule has 19 heavy (non-hydrogen) atoms. The molecule has 94 valence electrons. The number of aromatic nitrogens is 5. The van der Waals surface area contributed by atoms with Gasteiger partial charge in [0.05, 0.1) is 12.4 Å². The number of ketones is 1. The molecule has 0 spiro atoms. The molecule has 0 bridgehead atoms. The van der Waals surface area contributed by atoms with E-state index in [-0.39, 0.29) is 5.78 Å². The molecule has 3 aromatic heterocycles. The lowest BCUT2D eigenvalue weighted by Gasteiger charge is -2.02. The maximum absolute atomic E-state index is 11.4. The number of aryl methyl sites for hydroxylation is 1. The zero-order chi connectivity index (χ0) is 13.4. The summed E-state index contributed by atoms with van der Waals surface area (Å²) < 4.78 is 1.78. The Morgan fingerprint density at radius 3 is 2.79 bits per heavy atom. The average molecular weight is 253 g/mol. The Balaban J connectivity index is 2.24. The standard InChI is InChI=1S/C13H11N5O/c1-8-3-4-14-13(17-8)11-5-16-12-6-15-10(9(2)19)7-18(11)12/h3-7H,1-2H3. The summed E-state index contributed by atoms with van der Waals surface area (Å²) in [6.45, 7) is 3.38. The molecule has 3 heterocycles. The van der Waals surface area contributed by atoms with E-state index in [1.807, 2.05) is 13.0 Å². The van der Waals surface area contributed by atoms with Gasteiger partial charge in [-0.3, -0.25) is 9.20 Å². The molecule has 0 amide bonds. The third-order valence-electron chi connectivity index (χ3n) is 2.78. The molecule has 0 unspecified atom stereocenters. The Kier molecular flexibility index (Phi) is 2.56. The number of hydrogen-bond donors (Lipinski definition) is 0. The lowest BCUT2D eigenvalue weighted by molar-refractivity contribution is 0.101. The minimum atomic E-state index is -0.0910. The van der Waals surface area contributed by atoms with Crippen LogP contribution < -0.4 is 0 Å². The zero-order valence-electron chi connectivity index (χ0n) is 10.5. The van der Waals surface area contributed by atoms with Crippen LogP contribution in [0.3, 0.4) is 0 Å². The van der Waals surface area contributed by atoms with Crippen LogP contribution in [0.5, 0.6) is 0 Å². The minimum absolute atomic E-state index is 0.0910. The topological polar surface area (TPSA) is 73.0 Å². The van der Waals surface area contributed by atoms with Crippen LogP contribution in [0.2, 0.25) is 0 Å². The van der Waals surface area contributed by atoms with Crippen molar-refractivity contribution in [2.45, 2.75) is 13.8 Å². The van der Waals surface area contributed by atoms with Crippen LogP contribution in [0, 0.1) is 6.92 Å². The van der Waals surface area contributed by atoms with E-state index >= 15 is 0 Å². The summed E-state index contributed by atoms with van der Waals surface area (Å²) in [7, 11) is 0. The molecule has 0 saturated heterocycles. The first-order valence-electron chi connectivity index (χ1n) is 5.79. The van der Waals surface area contributed by atoms with Crippen molar-refractivity contribution in [2.75, 3.05) is 0 Å². The molecule has 0 aliphatic carbocycles. The van der Waals surface area contributed by atoms with Gasteiger partial charge in [0.2, 0.25) is 0 Å². The second kappa shape index (κ2) is 4.24. The number of rotatable bonds is 2. The van der Waals surface area contributed by atoms with E-state index < -0.39 is 0 Å². The van der Waals surface area contributed by atoms with Gasteiger partial charge in [-0.05, 0) is 13.0 Å². The fourth-order valence-electron chi connectivity index (χ4n) is 1.81. The fourth-order valence-corrected chi connectivity index (χ4v) is 1.81. The van der Waals surface area contributed by atoms with E-state index in [1.54, 1.807) is 29.2 Å². The molecule has 0 aliphatic rings. The third-order valence-corrected chi connectivity index (χ3v) is 2.78. The largest absolute Gasteiger partial charge is 0.293 e. The average Bonchev–Trinajstić information content (AvgIpc) is 2.81. The summed E-state index contributed by atoms with van der Waals surface area (Å²) in [5.74, 6) is 0.486. The molecule has 0 saturated carbocycles. The first-order valence-corrected chi connectivity index (χ1v) is 5.79. The molecule has 0 fully saturated rings. The molecular formula is C13H11N5O. The highest BCUT2D eigenvalue weighted by atomic mass is 16.1. The van der Waals surface area contributed by atoms with Crippen LogP contribution in [0.4, 0.5) is 0 Å². The molecule has 0 aromatic carbocycles. The lowest BCUT2D eigenvalue weighted by atomic mass is 10.3. The van der Waals surface area contributed by atoms with Crippen LogP contribution in [0.25, 0.3) is 17.2 Å². The Labute approximate surface area is 109 Å². The van der Waals surface area contributed by atoms with E-state index in [0.29, 0.717) is 17.2 Å². The summed E-state index contributed by atoms with van der Waals surface area (Å²) in [6, 6.07) is 1.83. The molecule has 3 rings (SSSR count). The number of Topliss-reactive ketones (excluding diaryl/α,β-unsaturated/α-hetero) is 1. The van der Waals surface area contributed by atoms with Gasteiger partial charge in [0.25, 0.3) is 0 Å². The second-order valence-electron chi connectivity index (χ2n) is 4.22. The highest BCUT2D eigenvalue weighted by Gasteiger charge is 2.11. The molecular weight excluding hydrogens is 242 g/mol. The number of imidazole rings is 1. The van der Waals surface area contributed by atoms with Gasteiger partial charge in [-0.15, -0.1) is 0 Å². The van der Waals surface area contributed by atoms with Crippen molar-refractivity contribution in [1.82, 2.24) is 24.3 Å². The first kappa shape index (κ1) is 11.5. The monoisotopic (exact) mass is 253 g/mol. The van der Waals surface area contributed by atoms with E-state index in [2.05, 4.69) is 19.9 Å². The van der Waals surface area contributed by atoms with Gasteiger partial charge in [-0.2, -0.15) is 0 Å². The third kappa shape index (κ3) is 1.97. The van der Waals surface area contributed by atoms with Crippen LogP contribution in [0.15, 0.2) is 30.9 Å². The zero-order valence-corrected chi connectivity index (χ0v) is 10.5. The first-order chi connectivity index (χ1) is 9.15. The molecule has 6 heteroatoms. The highest BCUT2D eigenvalue weighted by Crippen LogP contribution is 2.17. The van der Waals surface area contributed by atoms with Crippen LogP contribution in [0.1, 0.15) is 23.1 Å². The Morgan fingerprint density at radius 1 is 1.21 bits per heavy atom. The SMILES string of the molecule is CC(=O)c1cn2c(-c3nccc(C)n3)cnc2cn1. The molecule has 0 aliphatic heterocycles. The minimum Gasteiger partial charge on any atom is -0.293 e. The van der Waals surface area contributed by atoms with E-state index in [0.717, 1.165) is 11.4 Å². The van der Waals surface area contributed by atoms with Crippen molar-refractivity contribution < 1.29 is 4.79 Å². The van der Waals surface area contributed by atoms with E-state index in [9.17, 15) is 4.79 Å². The molecule has 0 N–H and O–H groups in total. The van der Waals surface area contributed by atoms with Crippen LogP contribution in [-0.4, -0.2) is 30.1 Å². The van der Waals surface area contributed by atoms with Gasteiger partial charge < -0.3 is 0 Å². The normalized spacial score (nSPS) is 10.8. The Bertz CT molecular complexity index is 778. The Hall–Kier alpha value is -2.63. The van der Waals surface area contributed by atoms with Crippen molar-refractivity contribution in [1.29, 1.82) is 0 Å². The van der Waals surface area contributed by atoms with E-state index in [1.165, 1.54) is 6.92 Å². The van der Waals surface area contributed by atoms with Crippen molar-refractivity contribution >= 4 is 11.4 Å². The summed E-state index contributed by atoms with van der Waals surface area (Å²) in [5.41, 5.74) is 2.66. The predicted molar refractivity (Wildman–Crippen MR) is 68.8 cm³/mol. The van der Waals surface area contributed by atoms with Crippen LogP contribution in [-0.2, 0) is 0 Å². The molecule has 0 atom stereocenters. The predicted octanol–water partition coefficient (Wildman–Crippen LogP) is 1.70. The van der Waals surface area contributed by atoms with Gasteiger partial charge >= 0.3 is 0 Å². The smallest absolute Gasteiger partial charge is 0.179 e. The molecule has 6 nitrogen and oxygen atoms in total. The van der Waals surface area contributed by atoms with Crippen molar-refractivity contribution in [2.24, 2.45) is 0 Å². The van der Waals surface area contributed by atoms with Crippen molar-refractivity contribution in [3.05, 3.63) is 42.2 Å². The Morgan fingerprint density at radius 2 is 2.05 bits per heavy atom. The maximum atomic E-state index is 11.4. The quantitative estimate of drug-likeness (QED) is 0.650. The van der Waals surface area contributed by atoms with Gasteiger partial charge in [0.15, 0.2) is 17.3 Å². The summed E-state index contributed by atoms with van der Waals surface area (Å²) >= 11 is 0. The summed E-state index contributed by atoms with van der Waals surface area (Å²) in [4.78, 5) is 28.3. The van der Waals surface area contributed by atoms with Gasteiger partial charge in [0.1, 0.15) is 11.4 Å². The number of hydrogen-bond acceptors (Lipinski definition) is 5. The fraction of sp³-hybridized carbons (Fsp3) is 0.154. The number of carbonyl (C=O) groups excluding carboxylic acids is 1. The van der Waals surface area contributed by atoms with Gasteiger partial charge in [0, 0.05) is 25.0 Å². The van der Waals surface area contributed by atoms with Gasteiger partial charge in [-0.25, -0.2) is 19.9 Å². The number of nitrogens with zero attached hydrogens (tertiary/aromatic N) is 5. The summed E-state index contributed by atoms with van der Waals surface area (Å²) in [5, 5.41) is 0. The lowest BCUT2D eigenvalue weighted by Crippen LogP contribution is -2.01. The second-order valence-corrected chi connectivity index (χ2v) is 4.22. The van der Waals surface area contributed by atoms with E-state index in [4.69, 9.17) is 0 Å². The van der Waals surface area contributed by atoms with Crippen LogP contribution >= 0.6 is 0 Å².